The second-order valence-corrected chi connectivity index (χ2v) is 5.64. The third-order valence-corrected chi connectivity index (χ3v) is 4.10. The Balaban J connectivity index is 2.21. The van der Waals surface area contributed by atoms with E-state index in [4.69, 9.17) is 0 Å². The quantitative estimate of drug-likeness (QED) is 0.522. The monoisotopic (exact) mass is 335 g/mol. The lowest BCUT2D eigenvalue weighted by molar-refractivity contribution is -0.385. The molecule has 0 atom stereocenters. The molecule has 0 spiro atoms. The van der Waals surface area contributed by atoms with E-state index >= 15 is 0 Å². The predicted octanol–water partition coefficient (Wildman–Crippen LogP) is 2.71. The van der Waals surface area contributed by atoms with Crippen LogP contribution in [0.15, 0.2) is 18.2 Å². The minimum absolute atomic E-state index is 0.0559. The first-order valence-electron chi connectivity index (χ1n) is 6.45. The van der Waals surface area contributed by atoms with Gasteiger partial charge in [0.1, 0.15) is 4.88 Å². The molecule has 0 aliphatic carbocycles. The van der Waals surface area contributed by atoms with E-state index in [1.807, 2.05) is 0 Å². The van der Waals surface area contributed by atoms with Crippen LogP contribution >= 0.6 is 11.3 Å². The smallest absolute Gasteiger partial charge is 0.350 e. The van der Waals surface area contributed by atoms with Crippen molar-refractivity contribution in [1.82, 2.24) is 4.98 Å². The summed E-state index contributed by atoms with van der Waals surface area (Å²) in [6, 6.07) is 4.06. The zero-order valence-electron chi connectivity index (χ0n) is 12.6. The average molecular weight is 335 g/mol. The number of benzene rings is 1. The van der Waals surface area contributed by atoms with Gasteiger partial charge in [0.05, 0.1) is 17.7 Å². The molecular formula is C14H13N3O5S. The van der Waals surface area contributed by atoms with Crippen molar-refractivity contribution in [3.05, 3.63) is 50.0 Å². The summed E-state index contributed by atoms with van der Waals surface area (Å²) in [4.78, 5) is 38.4. The van der Waals surface area contributed by atoms with Crippen molar-refractivity contribution in [2.24, 2.45) is 0 Å². The highest BCUT2D eigenvalue weighted by Crippen LogP contribution is 2.24. The molecule has 23 heavy (non-hydrogen) atoms. The van der Waals surface area contributed by atoms with Gasteiger partial charge >= 0.3 is 5.97 Å². The Kier molecular flexibility index (Phi) is 4.70. The van der Waals surface area contributed by atoms with Gasteiger partial charge in [0, 0.05) is 17.2 Å². The minimum atomic E-state index is -0.522. The largest absolute Gasteiger partial charge is 0.465 e. The van der Waals surface area contributed by atoms with E-state index in [1.165, 1.54) is 25.3 Å². The number of methoxy groups -OCH3 is 1. The molecule has 0 unspecified atom stereocenters. The fourth-order valence-corrected chi connectivity index (χ4v) is 2.78. The number of esters is 1. The first-order chi connectivity index (χ1) is 10.8. The predicted molar refractivity (Wildman–Crippen MR) is 84.0 cm³/mol. The summed E-state index contributed by atoms with van der Waals surface area (Å²) < 4.78 is 4.63. The summed E-state index contributed by atoms with van der Waals surface area (Å²) in [6.07, 6.45) is 0. The van der Waals surface area contributed by atoms with Crippen LogP contribution in [-0.4, -0.2) is 28.9 Å². The number of carbonyl (C=O) groups excluding carboxylic acids is 2. The summed E-state index contributed by atoms with van der Waals surface area (Å²) in [5.41, 5.74) is 1.05. The van der Waals surface area contributed by atoms with Gasteiger partial charge in [-0.25, -0.2) is 9.78 Å². The van der Waals surface area contributed by atoms with Gasteiger partial charge in [-0.2, -0.15) is 0 Å². The van der Waals surface area contributed by atoms with Crippen LogP contribution in [0, 0.1) is 24.0 Å². The average Bonchev–Trinajstić information content (AvgIpc) is 2.86. The molecule has 0 saturated carbocycles. The van der Waals surface area contributed by atoms with Gasteiger partial charge in [0.25, 0.3) is 11.6 Å². The third kappa shape index (κ3) is 3.51. The van der Waals surface area contributed by atoms with Crippen molar-refractivity contribution in [2.75, 3.05) is 12.4 Å². The van der Waals surface area contributed by atoms with Crippen LogP contribution in [0.3, 0.4) is 0 Å². The number of ether oxygens (including phenoxy) is 1. The maximum absolute atomic E-state index is 12.2. The highest BCUT2D eigenvalue weighted by atomic mass is 32.1. The lowest BCUT2D eigenvalue weighted by Crippen LogP contribution is -2.12. The number of aromatic nitrogens is 1. The number of nitrogens with one attached hydrogen (secondary N) is 1. The number of thiazole rings is 1. The van der Waals surface area contributed by atoms with Crippen LogP contribution < -0.4 is 5.32 Å². The molecule has 0 radical (unpaired) electrons. The molecule has 120 valence electrons. The van der Waals surface area contributed by atoms with Gasteiger partial charge < -0.3 is 4.74 Å². The van der Waals surface area contributed by atoms with Crippen molar-refractivity contribution in [3.8, 4) is 0 Å². The normalized spacial score (nSPS) is 10.2. The number of hydrogen-bond acceptors (Lipinski definition) is 7. The van der Waals surface area contributed by atoms with Crippen LogP contribution in [0.5, 0.6) is 0 Å². The van der Waals surface area contributed by atoms with Crippen molar-refractivity contribution in [2.45, 2.75) is 13.8 Å². The summed E-state index contributed by atoms with van der Waals surface area (Å²) in [6.45, 7) is 3.19. The van der Waals surface area contributed by atoms with Gasteiger partial charge in [0.15, 0.2) is 5.13 Å². The van der Waals surface area contributed by atoms with Crippen LogP contribution in [0.2, 0.25) is 0 Å². The molecule has 1 aromatic heterocycles. The second-order valence-electron chi connectivity index (χ2n) is 4.64. The van der Waals surface area contributed by atoms with Gasteiger partial charge in [0.2, 0.25) is 0 Å². The van der Waals surface area contributed by atoms with Crippen LogP contribution in [0.4, 0.5) is 10.8 Å². The maximum Gasteiger partial charge on any atom is 0.350 e. The topological polar surface area (TPSA) is 111 Å². The lowest BCUT2D eigenvalue weighted by Gasteiger charge is -2.03. The van der Waals surface area contributed by atoms with E-state index in [1.54, 1.807) is 13.8 Å². The van der Waals surface area contributed by atoms with Crippen molar-refractivity contribution < 1.29 is 19.2 Å². The minimum Gasteiger partial charge on any atom is -0.465 e. The summed E-state index contributed by atoms with van der Waals surface area (Å²) in [5, 5.41) is 13.6. The van der Waals surface area contributed by atoms with E-state index in [9.17, 15) is 19.7 Å². The highest BCUT2D eigenvalue weighted by molar-refractivity contribution is 7.17. The van der Waals surface area contributed by atoms with Crippen molar-refractivity contribution in [1.29, 1.82) is 0 Å². The van der Waals surface area contributed by atoms with Gasteiger partial charge in [-0.1, -0.05) is 11.3 Å². The molecule has 1 aromatic carbocycles. The number of aryl methyl sites for hydroxylation is 2. The Morgan fingerprint density at radius 2 is 2.04 bits per heavy atom. The second kappa shape index (κ2) is 6.53. The molecule has 0 fully saturated rings. The highest BCUT2D eigenvalue weighted by Gasteiger charge is 2.18. The first-order valence-corrected chi connectivity index (χ1v) is 7.27. The molecule has 1 N–H and O–H groups in total. The maximum atomic E-state index is 12.2. The zero-order valence-corrected chi connectivity index (χ0v) is 13.4. The fraction of sp³-hybridized carbons (Fsp3) is 0.214. The molecule has 9 heteroatoms. The Morgan fingerprint density at radius 1 is 1.35 bits per heavy atom. The molecular weight excluding hydrogens is 322 g/mol. The number of nitro groups is 1. The number of anilines is 1. The summed E-state index contributed by atoms with van der Waals surface area (Å²) in [7, 11) is 1.26. The summed E-state index contributed by atoms with van der Waals surface area (Å²) in [5.74, 6) is -0.986. The van der Waals surface area contributed by atoms with Gasteiger partial charge in [-0.15, -0.1) is 0 Å². The van der Waals surface area contributed by atoms with Crippen LogP contribution in [0.1, 0.15) is 31.3 Å². The van der Waals surface area contributed by atoms with E-state index < -0.39 is 16.8 Å². The van der Waals surface area contributed by atoms with Crippen molar-refractivity contribution >= 4 is 34.0 Å². The molecule has 0 saturated heterocycles. The molecule has 1 heterocycles. The van der Waals surface area contributed by atoms with Crippen molar-refractivity contribution in [3.63, 3.8) is 0 Å². The Labute approximate surface area is 135 Å². The molecule has 2 aromatic rings. The Morgan fingerprint density at radius 3 is 2.61 bits per heavy atom. The SMILES string of the molecule is COC(=O)c1sc(NC(=O)c2ccc([N+](=O)[O-])c(C)c2)nc1C. The summed E-state index contributed by atoms with van der Waals surface area (Å²) >= 11 is 1.00. The number of nitro benzene ring substituents is 1. The molecule has 2 rings (SSSR count). The van der Waals surface area contributed by atoms with Gasteiger partial charge in [-0.3, -0.25) is 20.2 Å². The Hall–Kier alpha value is -2.81. The lowest BCUT2D eigenvalue weighted by atomic mass is 10.1. The number of rotatable bonds is 4. The Bertz CT molecular complexity index is 800. The number of nitrogens with zero attached hydrogens (tertiary/aromatic N) is 2. The van der Waals surface area contributed by atoms with E-state index in [0.29, 0.717) is 16.1 Å². The van der Waals surface area contributed by atoms with E-state index in [-0.39, 0.29) is 16.4 Å². The molecule has 0 aliphatic heterocycles. The number of hydrogen-bond donors (Lipinski definition) is 1. The zero-order chi connectivity index (χ0) is 17.1. The third-order valence-electron chi connectivity index (χ3n) is 3.04. The van der Waals surface area contributed by atoms with Crippen LogP contribution in [-0.2, 0) is 4.74 Å². The van der Waals surface area contributed by atoms with E-state index in [0.717, 1.165) is 11.3 Å². The number of carbonyl (C=O) groups is 2. The standard InChI is InChI=1S/C14H13N3O5S/c1-7-6-9(4-5-10(7)17(20)21)12(18)16-14-15-8(2)11(23-14)13(19)22-3/h4-6H,1-3H3,(H,15,16,18). The molecule has 0 bridgehead atoms. The number of amides is 1. The molecule has 1 amide bonds. The van der Waals surface area contributed by atoms with Crippen LogP contribution in [0.25, 0.3) is 0 Å². The fourth-order valence-electron chi connectivity index (χ4n) is 1.90. The van der Waals surface area contributed by atoms with E-state index in [2.05, 4.69) is 15.0 Å². The molecule has 8 nitrogen and oxygen atoms in total. The van der Waals surface area contributed by atoms with Gasteiger partial charge in [-0.05, 0) is 26.0 Å². The first kappa shape index (κ1) is 16.6. The molecule has 0 aliphatic rings.